The van der Waals surface area contributed by atoms with Crippen LogP contribution in [0.15, 0.2) is 70.8 Å². The smallest absolute Gasteiger partial charge is 0.262 e. The number of benzene rings is 2. The van der Waals surface area contributed by atoms with Gasteiger partial charge in [0, 0.05) is 12.1 Å². The Morgan fingerprint density at radius 2 is 1.88 bits per heavy atom. The van der Waals surface area contributed by atoms with Crippen molar-refractivity contribution in [1.29, 1.82) is 0 Å². The number of fused-ring (bicyclic) bond motifs is 1. The highest BCUT2D eigenvalue weighted by molar-refractivity contribution is 7.16. The highest BCUT2D eigenvalue weighted by atomic mass is 32.1. The van der Waals surface area contributed by atoms with Crippen molar-refractivity contribution in [3.8, 4) is 0 Å². The van der Waals surface area contributed by atoms with Gasteiger partial charge in [0.25, 0.3) is 11.5 Å². The second-order valence-corrected chi connectivity index (χ2v) is 8.65. The molecule has 4 rings (SSSR count). The van der Waals surface area contributed by atoms with Gasteiger partial charge in [0.15, 0.2) is 0 Å². The lowest BCUT2D eigenvalue weighted by Gasteiger charge is -2.32. The zero-order valence-corrected chi connectivity index (χ0v) is 19.2. The predicted molar refractivity (Wildman–Crippen MR) is 132 cm³/mol. The minimum atomic E-state index is -0.495. The lowest BCUT2D eigenvalue weighted by atomic mass is 9.95. The Morgan fingerprint density at radius 3 is 2.55 bits per heavy atom. The van der Waals surface area contributed by atoms with Crippen molar-refractivity contribution in [2.45, 2.75) is 25.9 Å². The Balaban J connectivity index is 1.84. The first-order chi connectivity index (χ1) is 16.0. The number of carbonyl (C=O) groups excluding carboxylic acids is 1. The van der Waals surface area contributed by atoms with Crippen LogP contribution >= 0.6 is 11.3 Å². The second-order valence-electron chi connectivity index (χ2n) is 7.75. The van der Waals surface area contributed by atoms with Gasteiger partial charge >= 0.3 is 0 Å². The fourth-order valence-corrected chi connectivity index (χ4v) is 4.74. The van der Waals surface area contributed by atoms with Crippen molar-refractivity contribution >= 4 is 40.8 Å². The van der Waals surface area contributed by atoms with Crippen LogP contribution in [0, 0.1) is 0 Å². The third-order valence-electron chi connectivity index (χ3n) is 5.62. The molecule has 0 saturated heterocycles. The largest absolute Gasteiger partial charge is 0.395 e. The van der Waals surface area contributed by atoms with E-state index in [0.717, 1.165) is 5.56 Å². The molecule has 8 heteroatoms. The lowest BCUT2D eigenvalue weighted by molar-refractivity contribution is 0.0610. The maximum Gasteiger partial charge on any atom is 0.262 e. The molecule has 1 unspecified atom stereocenters. The SMILES string of the molecule is [B]c1ccc(C(=O)N(CCO)C(CC)c2nc3sccc3c(=O)n2Cc2ccccc2)cc1. The molecular formula is C25H24BN3O3S. The van der Waals surface area contributed by atoms with E-state index in [0.29, 0.717) is 40.0 Å². The van der Waals surface area contributed by atoms with Gasteiger partial charge < -0.3 is 10.0 Å². The summed E-state index contributed by atoms with van der Waals surface area (Å²) in [5.74, 6) is 0.265. The minimum Gasteiger partial charge on any atom is -0.395 e. The third kappa shape index (κ3) is 4.77. The molecular weight excluding hydrogens is 433 g/mol. The number of rotatable bonds is 8. The summed E-state index contributed by atoms with van der Waals surface area (Å²) in [6.07, 6.45) is 0.527. The molecule has 2 aromatic heterocycles. The highest BCUT2D eigenvalue weighted by Crippen LogP contribution is 2.27. The molecule has 33 heavy (non-hydrogen) atoms. The van der Waals surface area contributed by atoms with Gasteiger partial charge in [-0.25, -0.2) is 4.98 Å². The molecule has 166 valence electrons. The van der Waals surface area contributed by atoms with Crippen molar-refractivity contribution in [2.75, 3.05) is 13.2 Å². The van der Waals surface area contributed by atoms with Gasteiger partial charge in [-0.2, -0.15) is 0 Å². The minimum absolute atomic E-state index is 0.116. The Labute approximate surface area is 197 Å². The first kappa shape index (κ1) is 23.0. The number of aromatic nitrogens is 2. The molecule has 1 atom stereocenters. The van der Waals surface area contributed by atoms with Gasteiger partial charge in [-0.1, -0.05) is 67.0 Å². The van der Waals surface area contributed by atoms with Gasteiger partial charge in [0.2, 0.25) is 0 Å². The second kappa shape index (κ2) is 10.1. The van der Waals surface area contributed by atoms with E-state index in [4.69, 9.17) is 12.8 Å². The quantitative estimate of drug-likeness (QED) is 0.413. The van der Waals surface area contributed by atoms with Crippen molar-refractivity contribution in [3.63, 3.8) is 0 Å². The molecule has 0 spiro atoms. The Kier molecular flexibility index (Phi) is 7.06. The average Bonchev–Trinajstić information content (AvgIpc) is 3.31. The fraction of sp³-hybridized carbons (Fsp3) is 0.240. The number of nitrogens with zero attached hydrogens (tertiary/aromatic N) is 3. The normalized spacial score (nSPS) is 12.1. The summed E-state index contributed by atoms with van der Waals surface area (Å²) in [6.45, 7) is 2.20. The van der Waals surface area contributed by atoms with E-state index < -0.39 is 6.04 Å². The molecule has 0 aliphatic rings. The summed E-state index contributed by atoms with van der Waals surface area (Å²) in [4.78, 5) is 34.0. The van der Waals surface area contributed by atoms with Crippen LogP contribution in [0.3, 0.4) is 0 Å². The standard InChI is InChI=1S/C25H24BN3O3S/c1-2-21(28(13-14-30)24(31)18-8-10-19(26)11-9-18)22-27-23-20(12-15-33-23)25(32)29(22)16-17-6-4-3-5-7-17/h3-12,15,21,30H,2,13-14,16H2,1H3. The summed E-state index contributed by atoms with van der Waals surface area (Å²) in [5.41, 5.74) is 1.85. The number of aliphatic hydroxyl groups excluding tert-OH is 1. The molecule has 4 aromatic rings. The molecule has 2 radical (unpaired) electrons. The van der Waals surface area contributed by atoms with E-state index in [1.807, 2.05) is 42.6 Å². The van der Waals surface area contributed by atoms with E-state index in [9.17, 15) is 14.7 Å². The van der Waals surface area contributed by atoms with Crippen molar-refractivity contribution < 1.29 is 9.90 Å². The van der Waals surface area contributed by atoms with Crippen LogP contribution in [0.1, 0.15) is 41.1 Å². The monoisotopic (exact) mass is 457 g/mol. The van der Waals surface area contributed by atoms with Gasteiger partial charge in [-0.05, 0) is 23.4 Å². The summed E-state index contributed by atoms with van der Waals surface area (Å²) in [7, 11) is 5.78. The maximum atomic E-state index is 13.5. The lowest BCUT2D eigenvalue weighted by Crippen LogP contribution is -2.40. The van der Waals surface area contributed by atoms with Crippen LogP contribution in [-0.4, -0.2) is 46.5 Å². The van der Waals surface area contributed by atoms with Crippen molar-refractivity contribution in [1.82, 2.24) is 14.5 Å². The van der Waals surface area contributed by atoms with Crippen LogP contribution in [0.5, 0.6) is 0 Å². The summed E-state index contributed by atoms with van der Waals surface area (Å²) in [5, 5.41) is 12.2. The van der Waals surface area contributed by atoms with Gasteiger partial charge in [0.1, 0.15) is 18.5 Å². The zero-order chi connectivity index (χ0) is 23.4. The van der Waals surface area contributed by atoms with E-state index in [1.54, 1.807) is 39.8 Å². The summed E-state index contributed by atoms with van der Waals surface area (Å²) < 4.78 is 1.65. The van der Waals surface area contributed by atoms with Crippen LogP contribution < -0.4 is 11.0 Å². The number of hydrogen-bond donors (Lipinski definition) is 1. The molecule has 0 fully saturated rings. The van der Waals surface area contributed by atoms with Crippen LogP contribution in [0.2, 0.25) is 0 Å². The number of amides is 1. The molecule has 0 aliphatic carbocycles. The molecule has 0 aliphatic heterocycles. The number of carbonyl (C=O) groups is 1. The van der Waals surface area contributed by atoms with Gasteiger partial charge in [-0.15, -0.1) is 11.3 Å². The van der Waals surface area contributed by atoms with E-state index in [-0.39, 0.29) is 24.6 Å². The van der Waals surface area contributed by atoms with E-state index in [1.165, 1.54) is 11.3 Å². The first-order valence-corrected chi connectivity index (χ1v) is 11.7. The fourth-order valence-electron chi connectivity index (χ4n) is 3.98. The summed E-state index contributed by atoms with van der Waals surface area (Å²) in [6, 6.07) is 17.7. The number of thiophene rings is 1. The summed E-state index contributed by atoms with van der Waals surface area (Å²) >= 11 is 1.40. The Morgan fingerprint density at radius 1 is 1.15 bits per heavy atom. The molecule has 1 N–H and O–H groups in total. The van der Waals surface area contributed by atoms with E-state index in [2.05, 4.69) is 0 Å². The zero-order valence-electron chi connectivity index (χ0n) is 18.3. The number of hydrogen-bond acceptors (Lipinski definition) is 5. The average molecular weight is 457 g/mol. The molecule has 1 amide bonds. The molecule has 2 heterocycles. The molecule has 0 saturated carbocycles. The van der Waals surface area contributed by atoms with Gasteiger partial charge in [-0.3, -0.25) is 14.2 Å². The highest BCUT2D eigenvalue weighted by Gasteiger charge is 2.29. The number of aliphatic hydroxyl groups is 1. The van der Waals surface area contributed by atoms with Gasteiger partial charge in [0.05, 0.1) is 24.6 Å². The maximum absolute atomic E-state index is 13.5. The van der Waals surface area contributed by atoms with E-state index >= 15 is 0 Å². The Bertz CT molecular complexity index is 1300. The van der Waals surface area contributed by atoms with Crippen LogP contribution in [-0.2, 0) is 6.54 Å². The first-order valence-electron chi connectivity index (χ1n) is 10.8. The Hall–Kier alpha value is -3.23. The predicted octanol–water partition coefficient (Wildman–Crippen LogP) is 2.89. The topological polar surface area (TPSA) is 75.4 Å². The third-order valence-corrected chi connectivity index (χ3v) is 6.42. The van der Waals surface area contributed by atoms with Crippen molar-refractivity contribution in [2.24, 2.45) is 0 Å². The molecule has 0 bridgehead atoms. The van der Waals surface area contributed by atoms with Crippen LogP contribution in [0.25, 0.3) is 10.2 Å². The van der Waals surface area contributed by atoms with Crippen LogP contribution in [0.4, 0.5) is 0 Å². The van der Waals surface area contributed by atoms with Crippen molar-refractivity contribution in [3.05, 3.63) is 93.3 Å². The molecule has 6 nitrogen and oxygen atoms in total. The molecule has 2 aromatic carbocycles.